The maximum Gasteiger partial charge on any atom is 0.416 e. The minimum absolute atomic E-state index is 0.192. The molecule has 7 nitrogen and oxygen atoms in total. The Bertz CT molecular complexity index is 1040. The molecule has 1 amide bonds. The second-order valence-electron chi connectivity index (χ2n) is 5.84. The van der Waals surface area contributed by atoms with Crippen molar-refractivity contribution in [2.45, 2.75) is 13.1 Å². The Morgan fingerprint density at radius 2 is 1.89 bits per heavy atom. The molecular formula is C17H13F3N4O3. The van der Waals surface area contributed by atoms with Crippen LogP contribution in [0.3, 0.4) is 0 Å². The van der Waals surface area contributed by atoms with E-state index in [2.05, 4.69) is 15.8 Å². The minimum Gasteiger partial charge on any atom is -0.350 e. The van der Waals surface area contributed by atoms with E-state index in [0.717, 1.165) is 22.5 Å². The number of benzene rings is 2. The lowest BCUT2D eigenvalue weighted by Gasteiger charge is -2.11. The molecule has 1 heterocycles. The van der Waals surface area contributed by atoms with E-state index in [1.165, 1.54) is 0 Å². The third kappa shape index (κ3) is 3.84. The second-order valence-corrected chi connectivity index (χ2v) is 5.84. The van der Waals surface area contributed by atoms with E-state index < -0.39 is 28.3 Å². The second kappa shape index (κ2) is 6.63. The normalized spacial score (nSPS) is 11.4. The number of anilines is 1. The minimum atomic E-state index is -4.71. The van der Waals surface area contributed by atoms with Crippen LogP contribution in [0, 0.1) is 17.0 Å². The molecule has 0 unspecified atom stereocenters. The molecular weight excluding hydrogens is 365 g/mol. The summed E-state index contributed by atoms with van der Waals surface area (Å²) in [5.41, 5.74) is 4.23. The van der Waals surface area contributed by atoms with E-state index in [4.69, 9.17) is 0 Å². The SMILES string of the molecule is Cc1ccc2cc(C(=O)NNc3ccc(C(F)(F)F)cc3[N+](=O)[O-])[nH]c2c1. The summed E-state index contributed by atoms with van der Waals surface area (Å²) in [5, 5.41) is 11.8. The third-order valence-electron chi connectivity index (χ3n) is 3.86. The molecule has 2 aromatic carbocycles. The van der Waals surface area contributed by atoms with Gasteiger partial charge in [0.1, 0.15) is 11.4 Å². The van der Waals surface area contributed by atoms with Crippen molar-refractivity contribution in [2.75, 3.05) is 5.43 Å². The monoisotopic (exact) mass is 378 g/mol. The molecule has 0 aliphatic rings. The number of rotatable bonds is 4. The fourth-order valence-corrected chi connectivity index (χ4v) is 2.52. The van der Waals surface area contributed by atoms with Crippen molar-refractivity contribution in [2.24, 2.45) is 0 Å². The summed E-state index contributed by atoms with van der Waals surface area (Å²) in [6.45, 7) is 1.89. The fourth-order valence-electron chi connectivity index (χ4n) is 2.52. The summed E-state index contributed by atoms with van der Waals surface area (Å²) in [7, 11) is 0. The first kappa shape index (κ1) is 18.2. The molecule has 1 aromatic heterocycles. The standard InChI is InChI=1S/C17H13F3N4O3/c1-9-2-3-10-7-14(21-13(10)6-9)16(25)23-22-12-5-4-11(17(18,19)20)8-15(12)24(26)27/h2-8,21-22H,1H3,(H,23,25). The van der Waals surface area contributed by atoms with E-state index in [1.54, 1.807) is 6.07 Å². The van der Waals surface area contributed by atoms with Crippen LogP contribution in [0.4, 0.5) is 24.5 Å². The van der Waals surface area contributed by atoms with Gasteiger partial charge in [-0.2, -0.15) is 13.2 Å². The van der Waals surface area contributed by atoms with Crippen LogP contribution in [0.5, 0.6) is 0 Å². The molecule has 0 aliphatic heterocycles. The molecule has 0 atom stereocenters. The first-order chi connectivity index (χ1) is 12.6. The van der Waals surface area contributed by atoms with Crippen LogP contribution in [0.15, 0.2) is 42.5 Å². The van der Waals surface area contributed by atoms with Crippen molar-refractivity contribution in [1.82, 2.24) is 10.4 Å². The van der Waals surface area contributed by atoms with Gasteiger partial charge in [-0.15, -0.1) is 0 Å². The van der Waals surface area contributed by atoms with Crippen LogP contribution in [-0.4, -0.2) is 15.8 Å². The Hall–Kier alpha value is -3.56. The van der Waals surface area contributed by atoms with Gasteiger partial charge in [0.25, 0.3) is 11.6 Å². The lowest BCUT2D eigenvalue weighted by Crippen LogP contribution is -2.30. The Kier molecular flexibility index (Phi) is 4.48. The summed E-state index contributed by atoms with van der Waals surface area (Å²) in [5.74, 6) is -0.627. The van der Waals surface area contributed by atoms with Gasteiger partial charge in [-0.25, -0.2) is 0 Å². The number of amides is 1. The van der Waals surface area contributed by atoms with E-state index in [1.807, 2.05) is 25.1 Å². The van der Waals surface area contributed by atoms with Crippen LogP contribution < -0.4 is 10.9 Å². The predicted octanol–water partition coefficient (Wildman–Crippen LogP) is 4.16. The van der Waals surface area contributed by atoms with Gasteiger partial charge in [0.15, 0.2) is 0 Å². The summed E-state index contributed by atoms with van der Waals surface area (Å²) in [6, 6.07) is 9.12. The number of nitro groups is 1. The van der Waals surface area contributed by atoms with Crippen molar-refractivity contribution in [3.8, 4) is 0 Å². The highest BCUT2D eigenvalue weighted by atomic mass is 19.4. The van der Waals surface area contributed by atoms with Gasteiger partial charge < -0.3 is 4.98 Å². The molecule has 0 aliphatic carbocycles. The quantitative estimate of drug-likeness (QED) is 0.469. The van der Waals surface area contributed by atoms with E-state index in [9.17, 15) is 28.1 Å². The van der Waals surface area contributed by atoms with Crippen LogP contribution >= 0.6 is 0 Å². The number of H-pyrrole nitrogens is 1. The lowest BCUT2D eigenvalue weighted by atomic mass is 10.1. The number of aryl methyl sites for hydroxylation is 1. The zero-order chi connectivity index (χ0) is 19.8. The number of hydrogen-bond donors (Lipinski definition) is 3. The summed E-state index contributed by atoms with van der Waals surface area (Å²) in [4.78, 5) is 25.2. The fraction of sp³-hybridized carbons (Fsp3) is 0.118. The lowest BCUT2D eigenvalue weighted by molar-refractivity contribution is -0.384. The predicted molar refractivity (Wildman–Crippen MR) is 92.2 cm³/mol. The summed E-state index contributed by atoms with van der Waals surface area (Å²) >= 11 is 0. The number of carbonyl (C=O) groups is 1. The number of fused-ring (bicyclic) bond motifs is 1. The Morgan fingerprint density at radius 1 is 1.15 bits per heavy atom. The zero-order valence-corrected chi connectivity index (χ0v) is 13.8. The molecule has 27 heavy (non-hydrogen) atoms. The molecule has 10 heteroatoms. The highest BCUT2D eigenvalue weighted by Gasteiger charge is 2.33. The summed E-state index contributed by atoms with van der Waals surface area (Å²) < 4.78 is 38.1. The van der Waals surface area contributed by atoms with Crippen molar-refractivity contribution in [3.63, 3.8) is 0 Å². The van der Waals surface area contributed by atoms with Gasteiger partial charge in [-0.05, 0) is 36.8 Å². The van der Waals surface area contributed by atoms with Gasteiger partial charge in [-0.1, -0.05) is 12.1 Å². The smallest absolute Gasteiger partial charge is 0.350 e. The van der Waals surface area contributed by atoms with Gasteiger partial charge in [-0.3, -0.25) is 25.8 Å². The van der Waals surface area contributed by atoms with E-state index >= 15 is 0 Å². The van der Waals surface area contributed by atoms with Crippen molar-refractivity contribution in [3.05, 3.63) is 69.4 Å². The molecule has 3 N–H and O–H groups in total. The highest BCUT2D eigenvalue weighted by Crippen LogP contribution is 2.34. The third-order valence-corrected chi connectivity index (χ3v) is 3.86. The molecule has 0 fully saturated rings. The number of alkyl halides is 3. The number of nitro benzene ring substituents is 1. The van der Waals surface area contributed by atoms with E-state index in [0.29, 0.717) is 12.1 Å². The molecule has 3 rings (SSSR count). The van der Waals surface area contributed by atoms with Gasteiger partial charge in [0.05, 0.1) is 10.5 Å². The van der Waals surface area contributed by atoms with Gasteiger partial charge in [0.2, 0.25) is 0 Å². The van der Waals surface area contributed by atoms with Gasteiger partial charge in [0, 0.05) is 17.0 Å². The number of carbonyl (C=O) groups excluding carboxylic acids is 1. The molecule has 0 spiro atoms. The molecule has 0 bridgehead atoms. The Labute approximate surface area is 150 Å². The maximum atomic E-state index is 12.7. The molecule has 0 saturated carbocycles. The van der Waals surface area contributed by atoms with Crippen LogP contribution in [0.1, 0.15) is 21.6 Å². The van der Waals surface area contributed by atoms with Crippen LogP contribution in [0.2, 0.25) is 0 Å². The maximum absolute atomic E-state index is 12.7. The van der Waals surface area contributed by atoms with Gasteiger partial charge >= 0.3 is 6.18 Å². The number of hydrazine groups is 1. The Balaban J connectivity index is 1.80. The first-order valence-corrected chi connectivity index (χ1v) is 7.66. The number of aromatic nitrogens is 1. The molecule has 0 saturated heterocycles. The van der Waals surface area contributed by atoms with Crippen molar-refractivity contribution < 1.29 is 22.9 Å². The van der Waals surface area contributed by atoms with Crippen LogP contribution in [0.25, 0.3) is 10.9 Å². The number of aromatic amines is 1. The van der Waals surface area contributed by atoms with E-state index in [-0.39, 0.29) is 11.4 Å². The number of halogens is 3. The topological polar surface area (TPSA) is 100 Å². The Morgan fingerprint density at radius 3 is 2.56 bits per heavy atom. The average molecular weight is 378 g/mol. The zero-order valence-electron chi connectivity index (χ0n) is 13.8. The number of nitrogens with zero attached hydrogens (tertiary/aromatic N) is 1. The van der Waals surface area contributed by atoms with Crippen LogP contribution in [-0.2, 0) is 6.18 Å². The largest absolute Gasteiger partial charge is 0.416 e. The molecule has 140 valence electrons. The van der Waals surface area contributed by atoms with Crippen molar-refractivity contribution in [1.29, 1.82) is 0 Å². The highest BCUT2D eigenvalue weighted by molar-refractivity contribution is 5.98. The molecule has 0 radical (unpaired) electrons. The average Bonchev–Trinajstić information content (AvgIpc) is 3.01. The summed E-state index contributed by atoms with van der Waals surface area (Å²) in [6.07, 6.45) is -4.71. The number of nitrogens with one attached hydrogen (secondary N) is 3. The van der Waals surface area contributed by atoms with Crippen molar-refractivity contribution >= 4 is 28.2 Å². The molecule has 3 aromatic rings. The first-order valence-electron chi connectivity index (χ1n) is 7.66. The number of hydrogen-bond acceptors (Lipinski definition) is 4.